The number of hydrogen-bond donors (Lipinski definition) is 2. The predicted molar refractivity (Wildman–Crippen MR) is 74.2 cm³/mol. The highest BCUT2D eigenvalue weighted by Gasteiger charge is 2.06. The van der Waals surface area contributed by atoms with E-state index in [0.29, 0.717) is 16.7 Å². The maximum atomic E-state index is 12.0. The van der Waals surface area contributed by atoms with Crippen molar-refractivity contribution >= 4 is 10.9 Å². The molecule has 0 unspecified atom stereocenters. The van der Waals surface area contributed by atoms with E-state index in [1.165, 1.54) is 12.1 Å². The zero-order valence-electron chi connectivity index (χ0n) is 10.3. The van der Waals surface area contributed by atoms with Gasteiger partial charge in [-0.05, 0) is 31.2 Å². The molecule has 94 valence electrons. The number of aryl methyl sites for hydroxylation is 1. The van der Waals surface area contributed by atoms with Crippen LogP contribution in [0.2, 0.25) is 0 Å². The van der Waals surface area contributed by atoms with E-state index < -0.39 is 0 Å². The van der Waals surface area contributed by atoms with Gasteiger partial charge in [-0.1, -0.05) is 23.8 Å². The molecule has 1 heterocycles. The second kappa shape index (κ2) is 4.24. The van der Waals surface area contributed by atoms with Gasteiger partial charge < -0.3 is 10.1 Å². The smallest absolute Gasteiger partial charge is 0.259 e. The Balaban J connectivity index is 2.27. The van der Waals surface area contributed by atoms with Gasteiger partial charge in [-0.2, -0.15) is 0 Å². The summed E-state index contributed by atoms with van der Waals surface area (Å²) in [5.41, 5.74) is 2.29. The average Bonchev–Trinajstić information content (AvgIpc) is 2.39. The van der Waals surface area contributed by atoms with Crippen LogP contribution < -0.4 is 5.56 Å². The van der Waals surface area contributed by atoms with Crippen molar-refractivity contribution in [1.82, 2.24) is 9.97 Å². The molecule has 0 amide bonds. The minimum absolute atomic E-state index is 0.0584. The van der Waals surface area contributed by atoms with Crippen molar-refractivity contribution in [3.8, 4) is 17.1 Å². The summed E-state index contributed by atoms with van der Waals surface area (Å²) in [6.45, 7) is 1.99. The standard InChI is InChI=1S/C15H12N2O2/c1-9-3-2-4-10(7-9)14-16-13-6-5-11(18)8-12(13)15(19)17-14/h2-8,18H,1H3,(H,16,17,19). The summed E-state index contributed by atoms with van der Waals surface area (Å²) in [6, 6.07) is 12.4. The number of aromatic hydroxyl groups is 1. The maximum absolute atomic E-state index is 12.0. The van der Waals surface area contributed by atoms with Crippen molar-refractivity contribution in [2.45, 2.75) is 6.92 Å². The van der Waals surface area contributed by atoms with Crippen molar-refractivity contribution < 1.29 is 5.11 Å². The molecule has 0 spiro atoms. The Bertz CT molecular complexity index is 822. The van der Waals surface area contributed by atoms with Gasteiger partial charge in [0.1, 0.15) is 11.6 Å². The number of aromatic nitrogens is 2. The molecule has 3 aromatic rings. The van der Waals surface area contributed by atoms with Crippen molar-refractivity contribution in [2.24, 2.45) is 0 Å². The van der Waals surface area contributed by atoms with Gasteiger partial charge in [0.05, 0.1) is 10.9 Å². The topological polar surface area (TPSA) is 66.0 Å². The Morgan fingerprint density at radius 2 is 2.00 bits per heavy atom. The summed E-state index contributed by atoms with van der Waals surface area (Å²) >= 11 is 0. The molecule has 0 saturated carbocycles. The highest BCUT2D eigenvalue weighted by Crippen LogP contribution is 2.19. The lowest BCUT2D eigenvalue weighted by Crippen LogP contribution is -2.09. The molecule has 3 rings (SSSR count). The lowest BCUT2D eigenvalue weighted by molar-refractivity contribution is 0.476. The van der Waals surface area contributed by atoms with Crippen LogP contribution in [-0.4, -0.2) is 15.1 Å². The number of phenols is 1. The third kappa shape index (κ3) is 2.08. The molecule has 0 aliphatic rings. The Morgan fingerprint density at radius 1 is 1.16 bits per heavy atom. The van der Waals surface area contributed by atoms with Gasteiger partial charge in [0.2, 0.25) is 0 Å². The zero-order chi connectivity index (χ0) is 13.4. The van der Waals surface area contributed by atoms with Crippen LogP contribution in [0.1, 0.15) is 5.56 Å². The molecule has 2 N–H and O–H groups in total. The Hall–Kier alpha value is -2.62. The van der Waals surface area contributed by atoms with E-state index in [2.05, 4.69) is 9.97 Å². The second-order valence-corrected chi connectivity index (χ2v) is 4.49. The highest BCUT2D eigenvalue weighted by atomic mass is 16.3. The fourth-order valence-electron chi connectivity index (χ4n) is 2.06. The number of rotatable bonds is 1. The molecule has 0 aliphatic carbocycles. The third-order valence-corrected chi connectivity index (χ3v) is 2.98. The molecule has 4 heteroatoms. The summed E-state index contributed by atoms with van der Waals surface area (Å²) in [4.78, 5) is 19.2. The van der Waals surface area contributed by atoms with E-state index in [1.807, 2.05) is 31.2 Å². The molecule has 1 aromatic heterocycles. The Kier molecular flexibility index (Phi) is 2.56. The van der Waals surface area contributed by atoms with Gasteiger partial charge in [-0.25, -0.2) is 4.98 Å². The monoisotopic (exact) mass is 252 g/mol. The van der Waals surface area contributed by atoms with E-state index in [-0.39, 0.29) is 11.3 Å². The lowest BCUT2D eigenvalue weighted by atomic mass is 10.1. The zero-order valence-corrected chi connectivity index (χ0v) is 10.3. The number of aromatic amines is 1. The van der Waals surface area contributed by atoms with E-state index in [4.69, 9.17) is 0 Å². The van der Waals surface area contributed by atoms with Crippen LogP contribution in [0, 0.1) is 6.92 Å². The first-order chi connectivity index (χ1) is 9.13. The van der Waals surface area contributed by atoms with Crippen LogP contribution in [0.15, 0.2) is 47.3 Å². The minimum atomic E-state index is -0.252. The number of phenolic OH excluding ortho intramolecular Hbond substituents is 1. The van der Waals surface area contributed by atoms with E-state index >= 15 is 0 Å². The third-order valence-electron chi connectivity index (χ3n) is 2.98. The van der Waals surface area contributed by atoms with Crippen LogP contribution >= 0.6 is 0 Å². The van der Waals surface area contributed by atoms with E-state index in [1.54, 1.807) is 6.07 Å². The molecule has 0 bridgehead atoms. The highest BCUT2D eigenvalue weighted by molar-refractivity contribution is 5.80. The maximum Gasteiger partial charge on any atom is 0.259 e. The number of hydrogen-bond acceptors (Lipinski definition) is 3. The first-order valence-electron chi connectivity index (χ1n) is 5.93. The van der Waals surface area contributed by atoms with Crippen molar-refractivity contribution in [3.05, 3.63) is 58.4 Å². The molecular weight excluding hydrogens is 240 g/mol. The van der Waals surface area contributed by atoms with Gasteiger partial charge in [0.15, 0.2) is 0 Å². The summed E-state index contributed by atoms with van der Waals surface area (Å²) in [5.74, 6) is 0.593. The Morgan fingerprint density at radius 3 is 2.79 bits per heavy atom. The molecule has 0 atom stereocenters. The largest absolute Gasteiger partial charge is 0.508 e. The number of nitrogens with one attached hydrogen (secondary N) is 1. The van der Waals surface area contributed by atoms with Crippen LogP contribution in [-0.2, 0) is 0 Å². The van der Waals surface area contributed by atoms with Gasteiger partial charge in [0.25, 0.3) is 5.56 Å². The van der Waals surface area contributed by atoms with Gasteiger partial charge in [-0.15, -0.1) is 0 Å². The lowest BCUT2D eigenvalue weighted by Gasteiger charge is -2.04. The summed E-state index contributed by atoms with van der Waals surface area (Å²) in [5, 5.41) is 9.78. The minimum Gasteiger partial charge on any atom is -0.508 e. The molecule has 0 aliphatic heterocycles. The molecule has 0 fully saturated rings. The quantitative estimate of drug-likeness (QED) is 0.699. The normalized spacial score (nSPS) is 10.8. The predicted octanol–water partition coefficient (Wildman–Crippen LogP) is 2.60. The second-order valence-electron chi connectivity index (χ2n) is 4.49. The van der Waals surface area contributed by atoms with Gasteiger partial charge in [-0.3, -0.25) is 4.79 Å². The summed E-state index contributed by atoms with van der Waals surface area (Å²) in [6.07, 6.45) is 0. The van der Waals surface area contributed by atoms with Crippen molar-refractivity contribution in [3.63, 3.8) is 0 Å². The Labute approximate surface area is 109 Å². The van der Waals surface area contributed by atoms with Gasteiger partial charge >= 0.3 is 0 Å². The molecular formula is C15H12N2O2. The molecule has 4 nitrogen and oxygen atoms in total. The van der Waals surface area contributed by atoms with Crippen LogP contribution in [0.4, 0.5) is 0 Å². The fraction of sp³-hybridized carbons (Fsp3) is 0.0667. The number of nitrogens with zero attached hydrogens (tertiary/aromatic N) is 1. The average molecular weight is 252 g/mol. The SMILES string of the molecule is Cc1cccc(-c2nc3ccc(O)cc3c(=O)[nH]2)c1. The fourth-order valence-corrected chi connectivity index (χ4v) is 2.06. The molecule has 2 aromatic carbocycles. The summed E-state index contributed by atoms with van der Waals surface area (Å²) < 4.78 is 0. The van der Waals surface area contributed by atoms with E-state index in [9.17, 15) is 9.90 Å². The first-order valence-corrected chi connectivity index (χ1v) is 5.93. The van der Waals surface area contributed by atoms with E-state index in [0.717, 1.165) is 11.1 Å². The van der Waals surface area contributed by atoms with Crippen molar-refractivity contribution in [1.29, 1.82) is 0 Å². The van der Waals surface area contributed by atoms with Crippen molar-refractivity contribution in [2.75, 3.05) is 0 Å². The molecule has 0 radical (unpaired) electrons. The molecule has 0 saturated heterocycles. The number of H-pyrrole nitrogens is 1. The number of fused-ring (bicyclic) bond motifs is 1. The van der Waals surface area contributed by atoms with Crippen LogP contribution in [0.3, 0.4) is 0 Å². The van der Waals surface area contributed by atoms with Crippen LogP contribution in [0.5, 0.6) is 5.75 Å². The summed E-state index contributed by atoms with van der Waals surface area (Å²) in [7, 11) is 0. The van der Waals surface area contributed by atoms with Gasteiger partial charge in [0, 0.05) is 5.56 Å². The number of benzene rings is 2. The first kappa shape index (κ1) is 11.5. The molecule has 19 heavy (non-hydrogen) atoms. The van der Waals surface area contributed by atoms with Crippen LogP contribution in [0.25, 0.3) is 22.3 Å².